The Kier molecular flexibility index (Phi) is 3.95. The number of carboxylic acids is 1. The topological polar surface area (TPSA) is 59.0 Å². The maximum Gasteiger partial charge on any atom is 0.337 e. The van der Waals surface area contributed by atoms with Crippen LogP contribution in [0.2, 0.25) is 0 Å². The van der Waals surface area contributed by atoms with Crippen LogP contribution in [-0.2, 0) is 4.74 Å². The summed E-state index contributed by atoms with van der Waals surface area (Å²) in [6.07, 6.45) is 0.992. The molecule has 1 aromatic carbocycles. The number of hydrogen-bond donors (Lipinski definition) is 1. The highest BCUT2D eigenvalue weighted by Gasteiger charge is 2.30. The second-order valence-corrected chi connectivity index (χ2v) is 4.73. The van der Waals surface area contributed by atoms with Crippen molar-refractivity contribution < 1.29 is 19.4 Å². The molecule has 1 fully saturated rings. The molecule has 1 aliphatic rings. The zero-order valence-corrected chi connectivity index (χ0v) is 11.4. The molecule has 0 aromatic heterocycles. The number of aromatic carboxylic acids is 1. The van der Waals surface area contributed by atoms with Crippen LogP contribution in [0.3, 0.4) is 0 Å². The summed E-state index contributed by atoms with van der Waals surface area (Å²) in [6, 6.07) is 5.18. The Morgan fingerprint density at radius 3 is 2.79 bits per heavy atom. The van der Waals surface area contributed by atoms with Gasteiger partial charge in [-0.05, 0) is 25.5 Å². The number of anilines is 1. The van der Waals surface area contributed by atoms with Crippen molar-refractivity contribution in [3.05, 3.63) is 23.8 Å². The minimum atomic E-state index is -0.934. The molecule has 0 aliphatic carbocycles. The first kappa shape index (κ1) is 13.7. The van der Waals surface area contributed by atoms with E-state index in [0.29, 0.717) is 18.0 Å². The molecule has 1 N–H and O–H groups in total. The van der Waals surface area contributed by atoms with Crippen molar-refractivity contribution in [2.24, 2.45) is 0 Å². The molecule has 5 heteroatoms. The first-order valence-corrected chi connectivity index (χ1v) is 6.30. The summed E-state index contributed by atoms with van der Waals surface area (Å²) in [7, 11) is 3.47. The summed E-state index contributed by atoms with van der Waals surface area (Å²) in [5.74, 6) is -0.283. The van der Waals surface area contributed by atoms with Gasteiger partial charge in [0.25, 0.3) is 0 Å². The van der Waals surface area contributed by atoms with Crippen LogP contribution >= 0.6 is 0 Å². The van der Waals surface area contributed by atoms with Crippen LogP contribution < -0.4 is 9.64 Å². The van der Waals surface area contributed by atoms with E-state index in [2.05, 4.69) is 0 Å². The predicted octanol–water partition coefficient (Wildman–Crippen LogP) is 2.01. The maximum absolute atomic E-state index is 11.3. The lowest BCUT2D eigenvalue weighted by atomic mass is 10.1. The molecule has 2 rings (SSSR count). The third-order valence-corrected chi connectivity index (χ3v) is 3.65. The molecule has 0 bridgehead atoms. The largest absolute Gasteiger partial charge is 0.497 e. The third-order valence-electron chi connectivity index (χ3n) is 3.65. The normalized spacial score (nSPS) is 22.3. The highest BCUT2D eigenvalue weighted by atomic mass is 16.5. The number of rotatable bonds is 4. The van der Waals surface area contributed by atoms with E-state index in [1.54, 1.807) is 25.3 Å². The van der Waals surface area contributed by atoms with E-state index in [1.807, 2.05) is 18.9 Å². The SMILES string of the molecule is COc1ccc(C(=O)O)c(N(C)C2CCOC2C)c1. The fourth-order valence-electron chi connectivity index (χ4n) is 2.52. The molecule has 1 aliphatic heterocycles. The van der Waals surface area contributed by atoms with E-state index in [4.69, 9.17) is 9.47 Å². The van der Waals surface area contributed by atoms with Gasteiger partial charge in [0.2, 0.25) is 0 Å². The van der Waals surface area contributed by atoms with Crippen molar-refractivity contribution in [2.45, 2.75) is 25.5 Å². The lowest BCUT2D eigenvalue weighted by Crippen LogP contribution is -2.37. The zero-order chi connectivity index (χ0) is 14.0. The molecule has 1 aromatic rings. The van der Waals surface area contributed by atoms with Gasteiger partial charge in [0.1, 0.15) is 5.75 Å². The molecule has 5 nitrogen and oxygen atoms in total. The summed E-state index contributed by atoms with van der Waals surface area (Å²) in [6.45, 7) is 2.72. The zero-order valence-electron chi connectivity index (χ0n) is 11.4. The van der Waals surface area contributed by atoms with Gasteiger partial charge in [0.05, 0.1) is 30.5 Å². The molecule has 2 unspecified atom stereocenters. The van der Waals surface area contributed by atoms with Crippen LogP contribution in [0.15, 0.2) is 18.2 Å². The van der Waals surface area contributed by atoms with Gasteiger partial charge in [0, 0.05) is 19.7 Å². The van der Waals surface area contributed by atoms with Crippen LogP contribution in [0.4, 0.5) is 5.69 Å². The number of carboxylic acid groups (broad SMARTS) is 1. The van der Waals surface area contributed by atoms with Crippen molar-refractivity contribution in [1.82, 2.24) is 0 Å². The molecular weight excluding hydrogens is 246 g/mol. The fraction of sp³-hybridized carbons (Fsp3) is 0.500. The maximum atomic E-state index is 11.3. The van der Waals surface area contributed by atoms with Crippen LogP contribution in [0.25, 0.3) is 0 Å². The fourth-order valence-corrected chi connectivity index (χ4v) is 2.52. The minimum Gasteiger partial charge on any atom is -0.497 e. The standard InChI is InChI=1S/C14H19NO4/c1-9-12(6-7-19-9)15(2)13-8-10(18-3)4-5-11(13)14(16)17/h4-5,8-9,12H,6-7H2,1-3H3,(H,16,17). The second kappa shape index (κ2) is 5.48. The Morgan fingerprint density at radius 2 is 2.26 bits per heavy atom. The molecule has 0 amide bonds. The number of carbonyl (C=O) groups is 1. The first-order chi connectivity index (χ1) is 9.04. The van der Waals surface area contributed by atoms with Crippen molar-refractivity contribution >= 4 is 11.7 Å². The quantitative estimate of drug-likeness (QED) is 0.902. The second-order valence-electron chi connectivity index (χ2n) is 4.73. The molecule has 0 radical (unpaired) electrons. The minimum absolute atomic E-state index is 0.0952. The Balaban J connectivity index is 2.37. The van der Waals surface area contributed by atoms with Crippen LogP contribution in [0.5, 0.6) is 5.75 Å². The summed E-state index contributed by atoms with van der Waals surface area (Å²) < 4.78 is 10.7. The Morgan fingerprint density at radius 1 is 1.53 bits per heavy atom. The molecule has 104 valence electrons. The monoisotopic (exact) mass is 265 g/mol. The summed E-state index contributed by atoms with van der Waals surface area (Å²) in [5, 5.41) is 9.29. The van der Waals surface area contributed by atoms with Gasteiger partial charge in [0.15, 0.2) is 0 Å². The van der Waals surface area contributed by atoms with Crippen LogP contribution in [0.1, 0.15) is 23.7 Å². The van der Waals surface area contributed by atoms with Gasteiger partial charge in [-0.3, -0.25) is 0 Å². The third kappa shape index (κ3) is 2.66. The number of nitrogens with zero attached hydrogens (tertiary/aromatic N) is 1. The number of hydrogen-bond acceptors (Lipinski definition) is 4. The molecule has 1 heterocycles. The van der Waals surface area contributed by atoms with Gasteiger partial charge in [-0.1, -0.05) is 0 Å². The summed E-state index contributed by atoms with van der Waals surface area (Å²) in [4.78, 5) is 13.3. The van der Waals surface area contributed by atoms with Crippen molar-refractivity contribution in [1.29, 1.82) is 0 Å². The summed E-state index contributed by atoms with van der Waals surface area (Å²) in [5.41, 5.74) is 0.941. The van der Waals surface area contributed by atoms with E-state index < -0.39 is 5.97 Å². The van der Waals surface area contributed by atoms with Gasteiger partial charge < -0.3 is 19.5 Å². The Hall–Kier alpha value is -1.75. The van der Waals surface area contributed by atoms with E-state index in [1.165, 1.54) is 0 Å². The van der Waals surface area contributed by atoms with Crippen molar-refractivity contribution in [3.63, 3.8) is 0 Å². The van der Waals surface area contributed by atoms with E-state index >= 15 is 0 Å². The first-order valence-electron chi connectivity index (χ1n) is 6.30. The van der Waals surface area contributed by atoms with E-state index in [0.717, 1.165) is 6.42 Å². The van der Waals surface area contributed by atoms with Gasteiger partial charge in [-0.2, -0.15) is 0 Å². The van der Waals surface area contributed by atoms with E-state index in [-0.39, 0.29) is 17.7 Å². The average molecular weight is 265 g/mol. The Labute approximate surface area is 112 Å². The highest BCUT2D eigenvalue weighted by molar-refractivity contribution is 5.95. The smallest absolute Gasteiger partial charge is 0.337 e. The molecule has 0 saturated carbocycles. The lowest BCUT2D eigenvalue weighted by Gasteiger charge is -2.30. The van der Waals surface area contributed by atoms with Crippen LogP contribution in [-0.4, -0.2) is 44.0 Å². The molecule has 2 atom stereocenters. The van der Waals surface area contributed by atoms with Gasteiger partial charge in [-0.15, -0.1) is 0 Å². The highest BCUT2D eigenvalue weighted by Crippen LogP contribution is 2.30. The predicted molar refractivity (Wildman–Crippen MR) is 72.2 cm³/mol. The van der Waals surface area contributed by atoms with E-state index in [9.17, 15) is 9.90 Å². The number of benzene rings is 1. The van der Waals surface area contributed by atoms with Gasteiger partial charge in [-0.25, -0.2) is 4.79 Å². The van der Waals surface area contributed by atoms with Crippen molar-refractivity contribution in [3.8, 4) is 5.75 Å². The average Bonchev–Trinajstić information content (AvgIpc) is 2.83. The number of ether oxygens (including phenoxy) is 2. The van der Waals surface area contributed by atoms with Crippen LogP contribution in [0, 0.1) is 0 Å². The van der Waals surface area contributed by atoms with Crippen molar-refractivity contribution in [2.75, 3.05) is 25.7 Å². The number of methoxy groups -OCH3 is 1. The molecular formula is C14H19NO4. The number of likely N-dealkylation sites (N-methyl/N-ethyl adjacent to an activating group) is 1. The lowest BCUT2D eigenvalue weighted by molar-refractivity contribution is 0.0697. The summed E-state index contributed by atoms with van der Waals surface area (Å²) >= 11 is 0. The Bertz CT molecular complexity index is 475. The molecule has 1 saturated heterocycles. The molecule has 19 heavy (non-hydrogen) atoms. The van der Waals surface area contributed by atoms with Gasteiger partial charge >= 0.3 is 5.97 Å². The molecule has 0 spiro atoms.